The molecule has 0 saturated heterocycles. The molecule has 6 nitrogen and oxygen atoms in total. The van der Waals surface area contributed by atoms with Crippen LogP contribution in [0.2, 0.25) is 0 Å². The molecule has 2 atom stereocenters. The zero-order valence-electron chi connectivity index (χ0n) is 19.7. The number of aromatic nitrogens is 2. The number of fused-ring (bicyclic) bond motifs is 6. The van der Waals surface area contributed by atoms with Gasteiger partial charge in [0.25, 0.3) is 5.56 Å². The van der Waals surface area contributed by atoms with Crippen molar-refractivity contribution in [1.82, 2.24) is 9.13 Å². The first-order valence-corrected chi connectivity index (χ1v) is 11.9. The van der Waals surface area contributed by atoms with Crippen molar-refractivity contribution >= 4 is 38.9 Å². The third-order valence-electron chi connectivity index (χ3n) is 7.71. The van der Waals surface area contributed by atoms with Gasteiger partial charge in [0.1, 0.15) is 5.82 Å². The first-order valence-electron chi connectivity index (χ1n) is 11.9. The molecule has 2 aliphatic rings. The van der Waals surface area contributed by atoms with Crippen molar-refractivity contribution in [3.05, 3.63) is 122 Å². The van der Waals surface area contributed by atoms with E-state index in [0.717, 1.165) is 37.2 Å². The predicted octanol–water partition coefficient (Wildman–Crippen LogP) is 4.47. The zero-order chi connectivity index (χ0) is 24.7. The smallest absolute Gasteiger partial charge is 0.293 e. The number of hydrogen-bond donors (Lipinski definition) is 0. The van der Waals surface area contributed by atoms with Crippen molar-refractivity contribution < 1.29 is 4.79 Å². The number of benzene rings is 4. The van der Waals surface area contributed by atoms with Crippen LogP contribution in [0.3, 0.4) is 0 Å². The molecule has 0 N–H and O–H groups in total. The van der Waals surface area contributed by atoms with Gasteiger partial charge in [0.05, 0.1) is 17.2 Å². The third-order valence-corrected chi connectivity index (χ3v) is 7.71. The Hall–Kier alpha value is -4.58. The van der Waals surface area contributed by atoms with Crippen molar-refractivity contribution in [3.8, 4) is 0 Å². The lowest BCUT2D eigenvalue weighted by Crippen LogP contribution is -2.43. The molecule has 36 heavy (non-hydrogen) atoms. The van der Waals surface area contributed by atoms with Gasteiger partial charge in [-0.3, -0.25) is 18.7 Å². The fourth-order valence-corrected chi connectivity index (χ4v) is 6.06. The average Bonchev–Trinajstić information content (AvgIpc) is 3.20. The minimum atomic E-state index is -0.658. The molecule has 6 heteroatoms. The van der Waals surface area contributed by atoms with E-state index in [1.54, 1.807) is 7.05 Å². The molecule has 174 valence electrons. The minimum absolute atomic E-state index is 0.0482. The number of rotatable bonds is 1. The van der Waals surface area contributed by atoms with E-state index in [1.807, 2.05) is 72.8 Å². The summed E-state index contributed by atoms with van der Waals surface area (Å²) < 4.78 is 2.54. The van der Waals surface area contributed by atoms with Crippen molar-refractivity contribution in [2.45, 2.75) is 5.92 Å². The fourth-order valence-electron chi connectivity index (χ4n) is 6.06. The number of hydrogen-bond acceptors (Lipinski definition) is 4. The number of ketones is 1. The number of Topliss-reactive ketones (excluding diaryl/α,β-unsaturated/α-hetero) is 1. The van der Waals surface area contributed by atoms with E-state index in [9.17, 15) is 14.4 Å². The van der Waals surface area contributed by atoms with Gasteiger partial charge < -0.3 is 0 Å². The van der Waals surface area contributed by atoms with Crippen LogP contribution in [0.15, 0.2) is 93.4 Å². The Morgan fingerprint density at radius 1 is 0.667 bits per heavy atom. The molecule has 0 radical (unpaired) electrons. The van der Waals surface area contributed by atoms with Crippen LogP contribution in [0.4, 0.5) is 5.82 Å². The summed E-state index contributed by atoms with van der Waals surface area (Å²) in [5, 5.41) is 4.02. The summed E-state index contributed by atoms with van der Waals surface area (Å²) in [4.78, 5) is 45.5. The Morgan fingerprint density at radius 2 is 1.25 bits per heavy atom. The predicted molar refractivity (Wildman–Crippen MR) is 141 cm³/mol. The maximum absolute atomic E-state index is 14.0. The highest BCUT2D eigenvalue weighted by Gasteiger charge is 2.48. The normalized spacial score (nSPS) is 18.2. The second-order valence-electron chi connectivity index (χ2n) is 9.54. The highest BCUT2D eigenvalue weighted by atomic mass is 16.2. The second-order valence-corrected chi connectivity index (χ2v) is 9.54. The highest BCUT2D eigenvalue weighted by Crippen LogP contribution is 2.49. The van der Waals surface area contributed by atoms with Crippen LogP contribution in [-0.4, -0.2) is 20.6 Å². The van der Waals surface area contributed by atoms with Gasteiger partial charge in [-0.25, -0.2) is 9.79 Å². The SMILES string of the molecule is Cn1c2c(c(=O)n(C)c1=O)[C@@H](c1c3ccccc3cc3ccccc13)[C@@H]1C(=O)c3ccccc3C1=N2. The van der Waals surface area contributed by atoms with Crippen LogP contribution in [-0.2, 0) is 14.1 Å². The maximum Gasteiger partial charge on any atom is 0.332 e. The molecular weight excluding hydrogens is 450 g/mol. The molecule has 0 unspecified atom stereocenters. The second kappa shape index (κ2) is 7.21. The topological polar surface area (TPSA) is 73.4 Å². The molecule has 1 aliphatic heterocycles. The first-order chi connectivity index (χ1) is 17.5. The van der Waals surface area contributed by atoms with Gasteiger partial charge in [-0.05, 0) is 33.2 Å². The van der Waals surface area contributed by atoms with Crippen LogP contribution < -0.4 is 11.2 Å². The largest absolute Gasteiger partial charge is 0.332 e. The summed E-state index contributed by atoms with van der Waals surface area (Å²) in [6.45, 7) is 0. The van der Waals surface area contributed by atoms with Crippen LogP contribution in [0.25, 0.3) is 21.5 Å². The van der Waals surface area contributed by atoms with Crippen LogP contribution >= 0.6 is 0 Å². The molecule has 0 fully saturated rings. The van der Waals surface area contributed by atoms with Crippen LogP contribution in [0, 0.1) is 5.92 Å². The number of carbonyl (C=O) groups excluding carboxylic acids is 1. The lowest BCUT2D eigenvalue weighted by atomic mass is 9.73. The van der Waals surface area contributed by atoms with Crippen molar-refractivity contribution in [2.24, 2.45) is 25.0 Å². The monoisotopic (exact) mass is 471 g/mol. The third kappa shape index (κ3) is 2.56. The minimum Gasteiger partial charge on any atom is -0.293 e. The summed E-state index contributed by atoms with van der Waals surface area (Å²) in [5.74, 6) is -0.989. The number of aliphatic imine (C=N–C) groups is 1. The van der Waals surface area contributed by atoms with Gasteiger partial charge in [-0.2, -0.15) is 0 Å². The summed E-state index contributed by atoms with van der Waals surface area (Å²) in [6, 6.07) is 25.7. The van der Waals surface area contributed by atoms with Crippen molar-refractivity contribution in [1.29, 1.82) is 0 Å². The van der Waals surface area contributed by atoms with Gasteiger partial charge >= 0.3 is 5.69 Å². The van der Waals surface area contributed by atoms with Crippen LogP contribution in [0.5, 0.6) is 0 Å². The van der Waals surface area contributed by atoms with E-state index in [0.29, 0.717) is 22.7 Å². The molecule has 5 aromatic rings. The maximum atomic E-state index is 14.0. The van der Waals surface area contributed by atoms with Gasteiger partial charge in [-0.15, -0.1) is 0 Å². The van der Waals surface area contributed by atoms with E-state index >= 15 is 0 Å². The Morgan fingerprint density at radius 3 is 1.92 bits per heavy atom. The lowest BCUT2D eigenvalue weighted by molar-refractivity contribution is 0.0953. The Balaban J connectivity index is 1.70. The Kier molecular flexibility index (Phi) is 4.16. The standard InChI is InChI=1S/C30H21N3O3/c1-32-28-25(29(35)33(2)30(32)36)23(24-26(31-28)20-13-7-8-14-21(20)27(24)34)22-18-11-5-3-9-16(18)15-17-10-4-6-12-19(17)22/h3-15,23-24H,1-2H3/t23-,24-/m0/s1. The van der Waals surface area contributed by atoms with Gasteiger partial charge in [0.15, 0.2) is 5.78 Å². The average molecular weight is 472 g/mol. The fraction of sp³-hybridized carbons (Fsp3) is 0.133. The van der Waals surface area contributed by atoms with Crippen LogP contribution in [0.1, 0.15) is 33.0 Å². The molecule has 4 aromatic carbocycles. The Bertz CT molecular complexity index is 1890. The van der Waals surface area contributed by atoms with E-state index in [2.05, 4.69) is 6.07 Å². The van der Waals surface area contributed by atoms with E-state index in [1.165, 1.54) is 11.6 Å². The molecule has 2 heterocycles. The molecule has 0 bridgehead atoms. The molecule has 0 saturated carbocycles. The summed E-state index contributed by atoms with van der Waals surface area (Å²) in [7, 11) is 3.11. The van der Waals surface area contributed by atoms with Gasteiger partial charge in [0, 0.05) is 31.1 Å². The lowest BCUT2D eigenvalue weighted by Gasteiger charge is -2.31. The molecular formula is C30H21N3O3. The van der Waals surface area contributed by atoms with Gasteiger partial charge in [-0.1, -0.05) is 72.8 Å². The molecule has 0 amide bonds. The van der Waals surface area contributed by atoms with E-state index in [-0.39, 0.29) is 5.78 Å². The molecule has 1 aromatic heterocycles. The summed E-state index contributed by atoms with van der Waals surface area (Å²) in [6.07, 6.45) is 0. The number of carbonyl (C=O) groups is 1. The molecule has 7 rings (SSSR count). The van der Waals surface area contributed by atoms with E-state index < -0.39 is 23.1 Å². The summed E-state index contributed by atoms with van der Waals surface area (Å²) >= 11 is 0. The van der Waals surface area contributed by atoms with E-state index in [4.69, 9.17) is 4.99 Å². The molecule has 0 spiro atoms. The van der Waals surface area contributed by atoms with Crippen molar-refractivity contribution in [3.63, 3.8) is 0 Å². The van der Waals surface area contributed by atoms with Gasteiger partial charge in [0.2, 0.25) is 0 Å². The van der Waals surface area contributed by atoms with Crippen molar-refractivity contribution in [2.75, 3.05) is 0 Å². The quantitative estimate of drug-likeness (QED) is 0.339. The number of nitrogens with zero attached hydrogens (tertiary/aromatic N) is 3. The highest BCUT2D eigenvalue weighted by molar-refractivity contribution is 6.30. The zero-order valence-corrected chi connectivity index (χ0v) is 19.7. The molecule has 1 aliphatic carbocycles. The Labute approximate surface area is 205 Å². The first kappa shape index (κ1) is 20.8. The summed E-state index contributed by atoms with van der Waals surface area (Å²) in [5.41, 5.74) is 2.43.